The lowest BCUT2D eigenvalue weighted by atomic mass is 10.2. The molecule has 0 radical (unpaired) electrons. The Labute approximate surface area is 191 Å². The fraction of sp³-hybridized carbons (Fsp3) is 0.273. The smallest absolute Gasteiger partial charge is 0.454 e. The molecule has 0 unspecified atom stereocenters. The highest BCUT2D eigenvalue weighted by molar-refractivity contribution is 7.22. The molecule has 0 atom stereocenters. The molecule has 0 aliphatic carbocycles. The number of carbonyl (C=O) groups is 1. The lowest BCUT2D eigenvalue weighted by Crippen LogP contribution is -2.35. The number of alkyl halides is 3. The van der Waals surface area contributed by atoms with Gasteiger partial charge in [-0.05, 0) is 50.0 Å². The van der Waals surface area contributed by atoms with Gasteiger partial charge in [0.15, 0.2) is 16.6 Å². The van der Waals surface area contributed by atoms with Gasteiger partial charge >= 0.3 is 6.36 Å². The first kappa shape index (κ1) is 22.9. The molecule has 174 valence electrons. The molecule has 4 rings (SSSR count). The van der Waals surface area contributed by atoms with Crippen molar-refractivity contribution >= 4 is 38.7 Å². The number of fused-ring (bicyclic) bond motifs is 2. The SMILES string of the molecule is CN(C)CCN(C(=O)/C=C\c1ccc2c(c1)OCO2)c1nc2ccc(OC(F)(F)F)cc2s1. The van der Waals surface area contributed by atoms with Crippen molar-refractivity contribution in [3.8, 4) is 17.2 Å². The molecule has 0 spiro atoms. The molecule has 0 N–H and O–H groups in total. The van der Waals surface area contributed by atoms with E-state index in [1.165, 1.54) is 29.2 Å². The molecular formula is C22H20F3N3O4S. The number of thiazole rings is 1. The van der Waals surface area contributed by atoms with Crippen molar-refractivity contribution in [2.75, 3.05) is 38.9 Å². The first-order valence-electron chi connectivity index (χ1n) is 9.88. The molecule has 1 aromatic heterocycles. The van der Waals surface area contributed by atoms with Crippen molar-refractivity contribution in [3.05, 3.63) is 48.0 Å². The van der Waals surface area contributed by atoms with Gasteiger partial charge in [0.1, 0.15) is 5.75 Å². The van der Waals surface area contributed by atoms with E-state index < -0.39 is 6.36 Å². The lowest BCUT2D eigenvalue weighted by molar-refractivity contribution is -0.274. The van der Waals surface area contributed by atoms with Crippen LogP contribution in [-0.2, 0) is 4.79 Å². The number of halogens is 3. The van der Waals surface area contributed by atoms with Gasteiger partial charge in [-0.25, -0.2) is 4.98 Å². The molecule has 7 nitrogen and oxygen atoms in total. The molecule has 1 aliphatic rings. The Kier molecular flexibility index (Phi) is 6.43. The highest BCUT2D eigenvalue weighted by Gasteiger charge is 2.31. The van der Waals surface area contributed by atoms with Crippen LogP contribution in [0.5, 0.6) is 17.2 Å². The number of likely N-dealkylation sites (N-methyl/N-ethyl adjacent to an activating group) is 1. The molecule has 0 saturated heterocycles. The van der Waals surface area contributed by atoms with Crippen LogP contribution in [0.25, 0.3) is 16.3 Å². The van der Waals surface area contributed by atoms with Gasteiger partial charge in [0.25, 0.3) is 5.91 Å². The van der Waals surface area contributed by atoms with E-state index in [-0.39, 0.29) is 18.4 Å². The van der Waals surface area contributed by atoms with Crippen LogP contribution in [0.3, 0.4) is 0 Å². The summed E-state index contributed by atoms with van der Waals surface area (Å²) in [6.07, 6.45) is -1.69. The van der Waals surface area contributed by atoms with Crippen molar-refractivity contribution < 1.29 is 32.2 Å². The van der Waals surface area contributed by atoms with Gasteiger partial charge < -0.3 is 19.1 Å². The Morgan fingerprint density at radius 3 is 2.70 bits per heavy atom. The number of ether oxygens (including phenoxy) is 3. The highest BCUT2D eigenvalue weighted by atomic mass is 32.1. The molecule has 2 heterocycles. The molecule has 2 aromatic carbocycles. The Morgan fingerprint density at radius 2 is 1.94 bits per heavy atom. The van der Waals surface area contributed by atoms with Crippen LogP contribution >= 0.6 is 11.3 Å². The maximum atomic E-state index is 13.1. The summed E-state index contributed by atoms with van der Waals surface area (Å²) in [5.41, 5.74) is 1.24. The van der Waals surface area contributed by atoms with Crippen molar-refractivity contribution in [2.45, 2.75) is 6.36 Å². The van der Waals surface area contributed by atoms with E-state index in [1.54, 1.807) is 24.3 Å². The fourth-order valence-corrected chi connectivity index (χ4v) is 4.11. The minimum absolute atomic E-state index is 0.160. The molecule has 0 fully saturated rings. The molecule has 11 heteroatoms. The fourth-order valence-electron chi connectivity index (χ4n) is 3.08. The first-order valence-corrected chi connectivity index (χ1v) is 10.7. The Bertz CT molecular complexity index is 1190. The zero-order valence-electron chi connectivity index (χ0n) is 17.8. The Hall–Kier alpha value is -3.31. The average molecular weight is 479 g/mol. The monoisotopic (exact) mass is 479 g/mol. The zero-order chi connectivity index (χ0) is 23.6. The van der Waals surface area contributed by atoms with Crippen LogP contribution < -0.4 is 19.1 Å². The van der Waals surface area contributed by atoms with E-state index in [1.807, 2.05) is 19.0 Å². The molecule has 3 aromatic rings. The average Bonchev–Trinajstić information content (AvgIpc) is 3.36. The van der Waals surface area contributed by atoms with Crippen LogP contribution in [0.2, 0.25) is 0 Å². The summed E-state index contributed by atoms with van der Waals surface area (Å²) in [4.78, 5) is 20.9. The summed E-state index contributed by atoms with van der Waals surface area (Å²) in [7, 11) is 3.76. The predicted molar refractivity (Wildman–Crippen MR) is 119 cm³/mol. The van der Waals surface area contributed by atoms with Gasteiger partial charge in [0, 0.05) is 25.2 Å². The maximum Gasteiger partial charge on any atom is 0.573 e. The van der Waals surface area contributed by atoms with Crippen LogP contribution in [0, 0.1) is 0 Å². The van der Waals surface area contributed by atoms with E-state index in [9.17, 15) is 18.0 Å². The van der Waals surface area contributed by atoms with Gasteiger partial charge in [0.05, 0.1) is 10.2 Å². The third-order valence-corrected chi connectivity index (χ3v) is 5.71. The largest absolute Gasteiger partial charge is 0.573 e. The minimum atomic E-state index is -4.78. The van der Waals surface area contributed by atoms with Crippen molar-refractivity contribution in [2.24, 2.45) is 0 Å². The molecule has 33 heavy (non-hydrogen) atoms. The second-order valence-electron chi connectivity index (χ2n) is 7.41. The second-order valence-corrected chi connectivity index (χ2v) is 8.42. The number of amides is 1. The van der Waals surface area contributed by atoms with Gasteiger partial charge in [-0.15, -0.1) is 13.2 Å². The van der Waals surface area contributed by atoms with Crippen molar-refractivity contribution in [3.63, 3.8) is 0 Å². The zero-order valence-corrected chi connectivity index (χ0v) is 18.6. The van der Waals surface area contributed by atoms with Crippen molar-refractivity contribution in [1.29, 1.82) is 0 Å². The summed E-state index contributed by atoms with van der Waals surface area (Å²) < 4.78 is 52.7. The number of nitrogens with zero attached hydrogens (tertiary/aromatic N) is 3. The topological polar surface area (TPSA) is 64.1 Å². The van der Waals surface area contributed by atoms with Gasteiger partial charge in [-0.1, -0.05) is 17.4 Å². The van der Waals surface area contributed by atoms with E-state index in [0.717, 1.165) is 16.9 Å². The highest BCUT2D eigenvalue weighted by Crippen LogP contribution is 2.34. The van der Waals surface area contributed by atoms with Crippen LogP contribution in [0.4, 0.5) is 18.3 Å². The number of anilines is 1. The van der Waals surface area contributed by atoms with Gasteiger partial charge in [-0.3, -0.25) is 9.69 Å². The van der Waals surface area contributed by atoms with E-state index >= 15 is 0 Å². The van der Waals surface area contributed by atoms with Gasteiger partial charge in [0.2, 0.25) is 6.79 Å². The molecule has 1 amide bonds. The normalized spacial score (nSPS) is 13.3. The van der Waals surface area contributed by atoms with Gasteiger partial charge in [-0.2, -0.15) is 0 Å². The summed E-state index contributed by atoms with van der Waals surface area (Å²) in [6.45, 7) is 1.08. The number of carbonyl (C=O) groups excluding carboxylic acids is 1. The number of rotatable bonds is 7. The standard InChI is InChI=1S/C22H20F3N3O4S/c1-27(2)9-10-28(20(29)8-4-14-3-7-17-18(11-14)31-13-30-17)21-26-16-6-5-15(12-19(16)33-21)32-22(23,24)25/h3-8,11-12H,9-10,13H2,1-2H3/b8-4-. The molecule has 0 bridgehead atoms. The third-order valence-electron chi connectivity index (χ3n) is 4.66. The summed E-state index contributed by atoms with van der Waals surface area (Å²) in [5, 5.41) is 0.386. The minimum Gasteiger partial charge on any atom is -0.454 e. The first-order chi connectivity index (χ1) is 15.7. The predicted octanol–water partition coefficient (Wildman–Crippen LogP) is 4.53. The maximum absolute atomic E-state index is 13.1. The van der Waals surface area contributed by atoms with E-state index in [2.05, 4.69) is 9.72 Å². The lowest BCUT2D eigenvalue weighted by Gasteiger charge is -2.20. The Balaban J connectivity index is 1.58. The molecular weight excluding hydrogens is 459 g/mol. The van der Waals surface area contributed by atoms with Crippen LogP contribution in [-0.4, -0.2) is 56.1 Å². The summed E-state index contributed by atoms with van der Waals surface area (Å²) >= 11 is 1.12. The summed E-state index contributed by atoms with van der Waals surface area (Å²) in [5.74, 6) is 0.617. The number of hydrogen-bond acceptors (Lipinski definition) is 7. The quantitative estimate of drug-likeness (QED) is 0.464. The Morgan fingerprint density at radius 1 is 1.15 bits per heavy atom. The van der Waals surface area contributed by atoms with Crippen molar-refractivity contribution in [1.82, 2.24) is 9.88 Å². The van der Waals surface area contributed by atoms with E-state index in [4.69, 9.17) is 9.47 Å². The number of aromatic nitrogens is 1. The molecule has 1 aliphatic heterocycles. The number of hydrogen-bond donors (Lipinski definition) is 0. The summed E-state index contributed by atoms with van der Waals surface area (Å²) in [6, 6.07) is 9.25. The van der Waals surface area contributed by atoms with Crippen LogP contribution in [0.1, 0.15) is 5.56 Å². The second kappa shape index (κ2) is 9.28. The molecule has 0 saturated carbocycles. The van der Waals surface area contributed by atoms with Crippen LogP contribution in [0.15, 0.2) is 42.5 Å². The van der Waals surface area contributed by atoms with E-state index in [0.29, 0.717) is 39.9 Å². The number of benzene rings is 2. The third kappa shape index (κ3) is 5.74.